The Morgan fingerprint density at radius 2 is 1.96 bits per heavy atom. The minimum Gasteiger partial charge on any atom is -0.467 e. The van der Waals surface area contributed by atoms with E-state index in [1.165, 1.54) is 12.0 Å². The van der Waals surface area contributed by atoms with Gasteiger partial charge in [-0.05, 0) is 5.92 Å². The Kier molecular flexibility index (Phi) is 8.85. The first-order valence-electron chi connectivity index (χ1n) is 8.36. The van der Waals surface area contributed by atoms with Crippen LogP contribution < -0.4 is 5.32 Å². The molecule has 0 fully saturated rings. The Hall–Kier alpha value is -1.67. The molecule has 0 aliphatic heterocycles. The summed E-state index contributed by atoms with van der Waals surface area (Å²) in [5.74, 6) is 0.178. The first-order chi connectivity index (χ1) is 11.7. The number of hydrogen-bond acceptors (Lipinski definition) is 6. The average molecular weight is 372 g/mol. The van der Waals surface area contributed by atoms with Crippen LogP contribution in [-0.2, 0) is 20.8 Å². The highest BCUT2D eigenvalue weighted by molar-refractivity contribution is 7.09. The third-order valence-electron chi connectivity index (χ3n) is 3.33. The molecule has 8 heteroatoms. The molecular weight excluding hydrogens is 342 g/mol. The van der Waals surface area contributed by atoms with Gasteiger partial charge >= 0.3 is 12.0 Å². The predicted molar refractivity (Wildman–Crippen MR) is 97.7 cm³/mol. The van der Waals surface area contributed by atoms with Crippen LogP contribution in [0.3, 0.4) is 0 Å². The zero-order valence-electron chi connectivity index (χ0n) is 15.9. The summed E-state index contributed by atoms with van der Waals surface area (Å²) in [6, 6.07) is -1.21. The summed E-state index contributed by atoms with van der Waals surface area (Å²) in [5, 5.41) is 5.64. The monoisotopic (exact) mass is 371 g/mol. The molecule has 142 valence electrons. The lowest BCUT2D eigenvalue weighted by molar-refractivity contribution is -0.144. The molecule has 0 aliphatic carbocycles. The number of urea groups is 1. The number of methoxy groups -OCH3 is 1. The van der Waals surface area contributed by atoms with Gasteiger partial charge in [-0.2, -0.15) is 0 Å². The van der Waals surface area contributed by atoms with Crippen LogP contribution in [0, 0.1) is 5.92 Å². The van der Waals surface area contributed by atoms with Gasteiger partial charge in [-0.15, -0.1) is 11.3 Å². The van der Waals surface area contributed by atoms with Crippen LogP contribution in [-0.4, -0.2) is 55.3 Å². The van der Waals surface area contributed by atoms with Gasteiger partial charge in [0.1, 0.15) is 0 Å². The van der Waals surface area contributed by atoms with E-state index in [2.05, 4.69) is 24.1 Å². The minimum atomic E-state index is -0.833. The summed E-state index contributed by atoms with van der Waals surface area (Å²) >= 11 is 1.58. The first-order valence-corrected chi connectivity index (χ1v) is 9.24. The van der Waals surface area contributed by atoms with Crippen LogP contribution in [0.5, 0.6) is 0 Å². The van der Waals surface area contributed by atoms with Crippen molar-refractivity contribution in [3.05, 3.63) is 16.1 Å². The van der Waals surface area contributed by atoms with Crippen LogP contribution in [0.1, 0.15) is 44.3 Å². The van der Waals surface area contributed by atoms with Gasteiger partial charge in [0.05, 0.1) is 31.0 Å². The number of amides is 2. The third-order valence-corrected chi connectivity index (χ3v) is 4.52. The van der Waals surface area contributed by atoms with Crippen LogP contribution in [0.2, 0.25) is 0 Å². The van der Waals surface area contributed by atoms with Crippen molar-refractivity contribution in [1.29, 1.82) is 0 Å². The number of nitrogens with zero attached hydrogens (tertiary/aromatic N) is 2. The molecule has 0 radical (unpaired) electrons. The number of rotatable bonds is 9. The molecule has 1 rings (SSSR count). The number of ether oxygens (including phenoxy) is 2. The maximum Gasteiger partial charge on any atom is 0.330 e. The van der Waals surface area contributed by atoms with Crippen molar-refractivity contribution in [3.8, 4) is 0 Å². The maximum absolute atomic E-state index is 12.3. The van der Waals surface area contributed by atoms with Crippen LogP contribution >= 0.6 is 11.3 Å². The van der Waals surface area contributed by atoms with E-state index in [0.29, 0.717) is 25.0 Å². The van der Waals surface area contributed by atoms with E-state index in [0.717, 1.165) is 10.7 Å². The van der Waals surface area contributed by atoms with Crippen molar-refractivity contribution in [2.24, 2.45) is 5.92 Å². The Morgan fingerprint density at radius 1 is 1.28 bits per heavy atom. The van der Waals surface area contributed by atoms with Gasteiger partial charge in [-0.3, -0.25) is 0 Å². The summed E-state index contributed by atoms with van der Waals surface area (Å²) in [6.45, 7) is 9.15. The molecule has 0 spiro atoms. The van der Waals surface area contributed by atoms with Crippen molar-refractivity contribution in [1.82, 2.24) is 15.2 Å². The van der Waals surface area contributed by atoms with E-state index >= 15 is 0 Å². The van der Waals surface area contributed by atoms with Gasteiger partial charge in [-0.25, -0.2) is 14.6 Å². The molecule has 0 saturated carbocycles. The third kappa shape index (κ3) is 7.39. The summed E-state index contributed by atoms with van der Waals surface area (Å²) < 4.78 is 10.2. The Bertz CT molecular complexity index is 560. The quantitative estimate of drug-likeness (QED) is 0.675. The standard InChI is InChI=1S/C17H29N3O4S/c1-11(2)8-24-9-14(16(21)23-6)19-17(22)20(5)7-13-10-25-15(18-13)12(3)4/h10-12,14H,7-9H2,1-6H3,(H,19,22)/t14-/m0/s1. The normalized spacial score (nSPS) is 12.3. The Labute approximate surface area is 153 Å². The van der Waals surface area contributed by atoms with Gasteiger partial charge in [0, 0.05) is 25.0 Å². The summed E-state index contributed by atoms with van der Waals surface area (Å²) in [6.07, 6.45) is 0. The van der Waals surface area contributed by atoms with Gasteiger partial charge in [0.15, 0.2) is 6.04 Å². The lowest BCUT2D eigenvalue weighted by atomic mass is 10.2. The lowest BCUT2D eigenvalue weighted by Gasteiger charge is -2.22. The van der Waals surface area contributed by atoms with Crippen molar-refractivity contribution in [2.45, 2.75) is 46.2 Å². The largest absolute Gasteiger partial charge is 0.467 e. The van der Waals surface area contributed by atoms with Crippen molar-refractivity contribution < 1.29 is 19.1 Å². The first kappa shape index (κ1) is 21.4. The van der Waals surface area contributed by atoms with E-state index in [9.17, 15) is 9.59 Å². The van der Waals surface area contributed by atoms with Crippen molar-refractivity contribution in [3.63, 3.8) is 0 Å². The number of carbonyl (C=O) groups is 2. The molecule has 2 amide bonds. The average Bonchev–Trinajstić information content (AvgIpc) is 3.01. The maximum atomic E-state index is 12.3. The molecule has 1 heterocycles. The number of carbonyl (C=O) groups excluding carboxylic acids is 2. The van der Waals surface area contributed by atoms with E-state index in [-0.39, 0.29) is 12.6 Å². The molecule has 0 bridgehead atoms. The number of aromatic nitrogens is 1. The Morgan fingerprint density at radius 3 is 2.48 bits per heavy atom. The SMILES string of the molecule is COC(=O)[C@H](COCC(C)C)NC(=O)N(C)Cc1csc(C(C)C)n1. The molecule has 0 aromatic carbocycles. The highest BCUT2D eigenvalue weighted by Crippen LogP contribution is 2.19. The van der Waals surface area contributed by atoms with E-state index in [1.807, 2.05) is 19.2 Å². The second-order valence-corrected chi connectivity index (χ2v) is 7.53. The molecule has 1 atom stereocenters. The van der Waals surface area contributed by atoms with Gasteiger partial charge in [-0.1, -0.05) is 27.7 Å². The van der Waals surface area contributed by atoms with Crippen molar-refractivity contribution >= 4 is 23.3 Å². The van der Waals surface area contributed by atoms with Gasteiger partial charge in [0.2, 0.25) is 0 Å². The smallest absolute Gasteiger partial charge is 0.330 e. The lowest BCUT2D eigenvalue weighted by Crippen LogP contribution is -2.49. The summed E-state index contributed by atoms with van der Waals surface area (Å²) in [4.78, 5) is 30.2. The summed E-state index contributed by atoms with van der Waals surface area (Å²) in [5.41, 5.74) is 0.831. The van der Waals surface area contributed by atoms with Crippen LogP contribution in [0.25, 0.3) is 0 Å². The fourth-order valence-electron chi connectivity index (χ4n) is 1.97. The number of thiazole rings is 1. The fraction of sp³-hybridized carbons (Fsp3) is 0.706. The van der Waals surface area contributed by atoms with Crippen molar-refractivity contribution in [2.75, 3.05) is 27.4 Å². The molecule has 25 heavy (non-hydrogen) atoms. The molecule has 7 nitrogen and oxygen atoms in total. The second kappa shape index (κ2) is 10.4. The van der Waals surface area contributed by atoms with Gasteiger partial charge in [0.25, 0.3) is 0 Å². The second-order valence-electron chi connectivity index (χ2n) is 6.64. The molecule has 0 saturated heterocycles. The molecule has 1 aromatic heterocycles. The molecule has 1 aromatic rings. The highest BCUT2D eigenvalue weighted by atomic mass is 32.1. The van der Waals surface area contributed by atoms with E-state index < -0.39 is 12.0 Å². The van der Waals surface area contributed by atoms with Gasteiger partial charge < -0.3 is 19.7 Å². The number of nitrogens with one attached hydrogen (secondary N) is 1. The minimum absolute atomic E-state index is 0.0820. The van der Waals surface area contributed by atoms with Crippen LogP contribution in [0.15, 0.2) is 5.38 Å². The Balaban J connectivity index is 2.59. The van der Waals surface area contributed by atoms with E-state index in [1.54, 1.807) is 18.4 Å². The highest BCUT2D eigenvalue weighted by Gasteiger charge is 2.24. The van der Waals surface area contributed by atoms with E-state index in [4.69, 9.17) is 9.47 Å². The molecular formula is C17H29N3O4S. The molecule has 0 aliphatic rings. The topological polar surface area (TPSA) is 80.8 Å². The number of esters is 1. The zero-order chi connectivity index (χ0) is 19.0. The zero-order valence-corrected chi connectivity index (χ0v) is 16.7. The predicted octanol–water partition coefficient (Wildman–Crippen LogP) is 2.62. The fourth-order valence-corrected chi connectivity index (χ4v) is 2.79. The molecule has 0 unspecified atom stereocenters. The van der Waals surface area contributed by atoms with Crippen LogP contribution in [0.4, 0.5) is 4.79 Å². The number of hydrogen-bond donors (Lipinski definition) is 1. The summed E-state index contributed by atoms with van der Waals surface area (Å²) in [7, 11) is 2.95. The molecule has 1 N–H and O–H groups in total.